The molecule has 0 radical (unpaired) electrons. The molecular formula is C38H47ClF3N4O8S+. The third-order valence-electron chi connectivity index (χ3n) is 10.6. The van der Waals surface area contributed by atoms with E-state index < -0.39 is 61.0 Å². The van der Waals surface area contributed by atoms with E-state index in [9.17, 15) is 26.4 Å². The number of methoxy groups -OCH3 is 2. The van der Waals surface area contributed by atoms with Gasteiger partial charge in [0.1, 0.15) is 29.0 Å². The number of rotatable bonds is 15. The van der Waals surface area contributed by atoms with Crippen LogP contribution in [-0.4, -0.2) is 109 Å². The summed E-state index contributed by atoms with van der Waals surface area (Å²) in [6.45, 7) is 8.87. The summed E-state index contributed by atoms with van der Waals surface area (Å²) in [4.78, 5) is 31.2. The maximum atomic E-state index is 15.8. The summed E-state index contributed by atoms with van der Waals surface area (Å²) in [5.74, 6) is -2.53. The van der Waals surface area contributed by atoms with Crippen LogP contribution in [0.5, 0.6) is 17.2 Å². The Labute approximate surface area is 324 Å². The number of carbonyl (C=O) groups is 2. The zero-order valence-electron chi connectivity index (χ0n) is 31.8. The minimum absolute atomic E-state index is 0.0526. The summed E-state index contributed by atoms with van der Waals surface area (Å²) in [7, 11) is 0.522. The number of aryl methyl sites for hydroxylation is 1. The van der Waals surface area contributed by atoms with Crippen LogP contribution in [0.2, 0.25) is 5.02 Å². The van der Waals surface area contributed by atoms with Crippen molar-refractivity contribution in [2.75, 3.05) is 65.4 Å². The first-order chi connectivity index (χ1) is 25.9. The van der Waals surface area contributed by atoms with Gasteiger partial charge in [-0.2, -0.15) is 4.31 Å². The van der Waals surface area contributed by atoms with E-state index >= 15 is 4.79 Å². The molecule has 2 unspecified atom stereocenters. The second-order valence-electron chi connectivity index (χ2n) is 13.7. The Hall–Kier alpha value is -4.09. The smallest absolute Gasteiger partial charge is 0.497 e. The SMILES string of the molecule is CCN(CC)CCCO[C@@H]1C[C@@H](C(=O)NC)[N+](C)(C2(c3cc(C)ccc3OC)C(=O)N(S(=O)(=O)c3ccc(OC)cc3OC(F)(F)F)c3ccc(Cl)cc32)C1. The van der Waals surface area contributed by atoms with Crippen molar-refractivity contribution in [2.24, 2.45) is 0 Å². The van der Waals surface area contributed by atoms with Crippen molar-refractivity contribution in [1.29, 1.82) is 0 Å². The van der Waals surface area contributed by atoms with Crippen LogP contribution in [0.15, 0.2) is 59.5 Å². The van der Waals surface area contributed by atoms with Crippen LogP contribution in [0.25, 0.3) is 0 Å². The molecule has 3 aromatic rings. The summed E-state index contributed by atoms with van der Waals surface area (Å²) in [6.07, 6.45) is -5.00. The summed E-state index contributed by atoms with van der Waals surface area (Å²) < 4.78 is 92.7. The Kier molecular flexibility index (Phi) is 12.4. The number of amides is 2. The van der Waals surface area contributed by atoms with Gasteiger partial charge in [-0.3, -0.25) is 14.1 Å². The van der Waals surface area contributed by atoms with Crippen LogP contribution in [0.1, 0.15) is 43.4 Å². The number of likely N-dealkylation sites (tertiary alicyclic amines) is 1. The zero-order valence-corrected chi connectivity index (χ0v) is 33.4. The number of anilines is 1. The number of ether oxygens (including phenoxy) is 4. The molecule has 300 valence electrons. The molecule has 0 bridgehead atoms. The normalized spacial score (nSPS) is 22.5. The maximum Gasteiger partial charge on any atom is 0.573 e. The first-order valence-corrected chi connectivity index (χ1v) is 19.6. The Morgan fingerprint density at radius 3 is 2.36 bits per heavy atom. The van der Waals surface area contributed by atoms with Gasteiger partial charge in [0.05, 0.1) is 38.1 Å². The van der Waals surface area contributed by atoms with Crippen molar-refractivity contribution in [3.8, 4) is 17.2 Å². The number of hydrogen-bond acceptors (Lipinski definition) is 9. The van der Waals surface area contributed by atoms with Gasteiger partial charge in [0, 0.05) is 37.7 Å². The average Bonchev–Trinajstić information content (AvgIpc) is 3.62. The van der Waals surface area contributed by atoms with Gasteiger partial charge in [-0.1, -0.05) is 37.1 Å². The van der Waals surface area contributed by atoms with Gasteiger partial charge < -0.3 is 29.2 Å². The van der Waals surface area contributed by atoms with E-state index in [1.54, 1.807) is 32.2 Å². The van der Waals surface area contributed by atoms with Crippen molar-refractivity contribution >= 4 is 39.1 Å². The molecule has 4 atom stereocenters. The largest absolute Gasteiger partial charge is 0.573 e. The van der Waals surface area contributed by atoms with E-state index in [-0.39, 0.29) is 46.3 Å². The molecule has 2 amide bonds. The molecule has 5 rings (SSSR count). The lowest BCUT2D eigenvalue weighted by atomic mass is 9.78. The topological polar surface area (TPSA) is 124 Å². The van der Waals surface area contributed by atoms with Crippen LogP contribution >= 0.6 is 11.6 Å². The molecule has 17 heteroatoms. The molecule has 2 aliphatic heterocycles. The quantitative estimate of drug-likeness (QED) is 0.154. The summed E-state index contributed by atoms with van der Waals surface area (Å²) in [5, 5.41) is 2.86. The van der Waals surface area contributed by atoms with E-state index in [1.165, 1.54) is 39.5 Å². The van der Waals surface area contributed by atoms with Gasteiger partial charge in [0.2, 0.25) is 5.54 Å². The first-order valence-electron chi connectivity index (χ1n) is 17.8. The number of fused-ring (bicyclic) bond motifs is 1. The van der Waals surface area contributed by atoms with Crippen LogP contribution in [0.3, 0.4) is 0 Å². The first kappa shape index (κ1) is 42.1. The molecule has 2 aliphatic rings. The monoisotopic (exact) mass is 811 g/mol. The highest BCUT2D eigenvalue weighted by Crippen LogP contribution is 2.58. The summed E-state index contributed by atoms with van der Waals surface area (Å²) >= 11 is 6.66. The van der Waals surface area contributed by atoms with Gasteiger partial charge in [0.15, 0.2) is 11.8 Å². The molecule has 1 saturated heterocycles. The lowest BCUT2D eigenvalue weighted by Crippen LogP contribution is -2.69. The Morgan fingerprint density at radius 1 is 1.04 bits per heavy atom. The van der Waals surface area contributed by atoms with Gasteiger partial charge in [-0.15, -0.1) is 13.2 Å². The van der Waals surface area contributed by atoms with E-state index in [0.717, 1.165) is 37.8 Å². The number of likely N-dealkylation sites (N-methyl/N-ethyl adjacent to an activating group) is 2. The highest BCUT2D eigenvalue weighted by Gasteiger charge is 2.72. The minimum Gasteiger partial charge on any atom is -0.497 e. The van der Waals surface area contributed by atoms with Crippen LogP contribution in [0, 0.1) is 6.92 Å². The molecule has 2 heterocycles. The van der Waals surface area contributed by atoms with E-state index in [2.05, 4.69) is 28.8 Å². The maximum absolute atomic E-state index is 15.8. The highest BCUT2D eigenvalue weighted by molar-refractivity contribution is 7.93. The fraction of sp³-hybridized carbons (Fsp3) is 0.474. The molecule has 1 N–H and O–H groups in total. The third-order valence-corrected chi connectivity index (χ3v) is 12.6. The second kappa shape index (κ2) is 16.2. The number of benzene rings is 3. The van der Waals surface area contributed by atoms with Crippen LogP contribution in [0.4, 0.5) is 18.9 Å². The molecule has 0 aromatic heterocycles. The molecular weight excluding hydrogens is 765 g/mol. The predicted octanol–water partition coefficient (Wildman–Crippen LogP) is 5.63. The zero-order chi connectivity index (χ0) is 40.5. The van der Waals surface area contributed by atoms with E-state index in [4.69, 9.17) is 25.8 Å². The van der Waals surface area contributed by atoms with E-state index in [1.807, 2.05) is 0 Å². The number of nitrogens with zero attached hydrogens (tertiary/aromatic N) is 3. The fourth-order valence-corrected chi connectivity index (χ4v) is 9.79. The molecule has 55 heavy (non-hydrogen) atoms. The Balaban J connectivity index is 1.79. The Bertz CT molecular complexity index is 2030. The molecule has 12 nitrogen and oxygen atoms in total. The number of carbonyl (C=O) groups excluding carboxylic acids is 2. The van der Waals surface area contributed by atoms with Crippen molar-refractivity contribution in [2.45, 2.75) is 62.6 Å². The summed E-state index contributed by atoms with van der Waals surface area (Å²) in [6, 6.07) is 11.0. The average molecular weight is 812 g/mol. The second-order valence-corrected chi connectivity index (χ2v) is 15.9. The number of hydrogen-bond donors (Lipinski definition) is 1. The molecule has 0 saturated carbocycles. The number of sulfonamides is 1. The van der Waals surface area contributed by atoms with Gasteiger partial charge >= 0.3 is 12.3 Å². The summed E-state index contributed by atoms with van der Waals surface area (Å²) in [5.41, 5.74) is -1.26. The predicted molar refractivity (Wildman–Crippen MR) is 200 cm³/mol. The van der Waals surface area contributed by atoms with Gasteiger partial charge in [-0.25, -0.2) is 8.42 Å². The number of alkyl halides is 3. The van der Waals surface area contributed by atoms with Crippen LogP contribution < -0.4 is 23.8 Å². The van der Waals surface area contributed by atoms with Crippen molar-refractivity contribution in [1.82, 2.24) is 10.2 Å². The molecule has 0 aliphatic carbocycles. The van der Waals surface area contributed by atoms with Crippen molar-refractivity contribution in [3.05, 3.63) is 76.3 Å². The number of nitrogens with one attached hydrogen (secondary N) is 1. The highest BCUT2D eigenvalue weighted by atomic mass is 35.5. The lowest BCUT2D eigenvalue weighted by Gasteiger charge is -2.48. The molecule has 3 aromatic carbocycles. The number of halogens is 4. The fourth-order valence-electron chi connectivity index (χ4n) is 8.06. The molecule has 0 spiro atoms. The lowest BCUT2D eigenvalue weighted by molar-refractivity contribution is -0.953. The third kappa shape index (κ3) is 7.58. The Morgan fingerprint density at radius 2 is 1.75 bits per heavy atom. The minimum atomic E-state index is -5.30. The standard InChI is InChI=1S/C38H46ClF3N4O8S/c1-8-44(9-2)17-10-18-53-27-21-31(35(47)43-4)46(5,23-27)37(29-19-24(3)11-15-32(29)52-7)28-20-25(39)12-14-30(28)45(36(37)48)55(49,50)34-16-13-26(51-6)22-33(34)54-38(40,41)42/h11-16,19-20,22,27,31H,8-10,17-18,21,23H2,1-7H3/p+1/t27-,31+,37?,46?/m1/s1. The van der Waals surface area contributed by atoms with E-state index in [0.29, 0.717) is 22.9 Å². The van der Waals surface area contributed by atoms with Crippen molar-refractivity contribution in [3.63, 3.8) is 0 Å². The number of quaternary nitrogens is 1. The van der Waals surface area contributed by atoms with Crippen molar-refractivity contribution < 1.29 is 54.6 Å². The van der Waals surface area contributed by atoms with Gasteiger partial charge in [0.25, 0.3) is 15.9 Å². The van der Waals surface area contributed by atoms with Crippen LogP contribution in [-0.2, 0) is 29.9 Å². The molecule has 1 fully saturated rings. The van der Waals surface area contributed by atoms with Gasteiger partial charge in [-0.05, 0) is 68.9 Å².